The third-order valence-corrected chi connectivity index (χ3v) is 4.16. The Balaban J connectivity index is 1.74. The van der Waals surface area contributed by atoms with E-state index >= 15 is 0 Å². The quantitative estimate of drug-likeness (QED) is 0.546. The van der Waals surface area contributed by atoms with Crippen molar-refractivity contribution < 1.29 is 23.8 Å². The molecule has 2 aromatic rings. The summed E-state index contributed by atoms with van der Waals surface area (Å²) in [6, 6.07) is 13.9. The maximum absolute atomic E-state index is 12.0. The number of rotatable bonds is 0. The first kappa shape index (κ1) is 11.0. The summed E-state index contributed by atoms with van der Waals surface area (Å²) in [5.41, 5.74) is 2.07. The maximum Gasteiger partial charge on any atom is 0.341 e. The van der Waals surface area contributed by atoms with Crippen molar-refractivity contribution in [2.45, 2.75) is 11.6 Å². The SMILES string of the molecule is O=C1OC2(OC23OC(=O)c2ccccc23)c2ccccc21. The van der Waals surface area contributed by atoms with Gasteiger partial charge in [-0.25, -0.2) is 9.59 Å². The summed E-state index contributed by atoms with van der Waals surface area (Å²) in [5.74, 6) is -3.63. The first-order valence-corrected chi connectivity index (χ1v) is 6.54. The van der Waals surface area contributed by atoms with Crippen LogP contribution in [-0.2, 0) is 25.8 Å². The van der Waals surface area contributed by atoms with Crippen molar-refractivity contribution in [2.24, 2.45) is 0 Å². The van der Waals surface area contributed by atoms with Crippen molar-refractivity contribution in [3.8, 4) is 0 Å². The molecule has 2 aromatic carbocycles. The zero-order valence-electron chi connectivity index (χ0n) is 10.7. The Kier molecular flexibility index (Phi) is 1.66. The van der Waals surface area contributed by atoms with Crippen LogP contribution in [0.15, 0.2) is 48.5 Å². The van der Waals surface area contributed by atoms with Crippen LogP contribution in [0, 0.1) is 0 Å². The van der Waals surface area contributed by atoms with E-state index in [0.717, 1.165) is 0 Å². The number of carbonyl (C=O) groups is 2. The molecule has 0 bridgehead atoms. The van der Waals surface area contributed by atoms with E-state index in [4.69, 9.17) is 14.2 Å². The average Bonchev–Trinajstić information content (AvgIpc) is 2.91. The lowest BCUT2D eigenvalue weighted by Gasteiger charge is -2.10. The Morgan fingerprint density at radius 1 is 0.667 bits per heavy atom. The van der Waals surface area contributed by atoms with E-state index in [1.165, 1.54) is 0 Å². The van der Waals surface area contributed by atoms with Crippen molar-refractivity contribution in [3.05, 3.63) is 70.8 Å². The molecule has 2 unspecified atom stereocenters. The summed E-state index contributed by atoms with van der Waals surface area (Å²) < 4.78 is 16.6. The summed E-state index contributed by atoms with van der Waals surface area (Å²) in [7, 11) is 0. The van der Waals surface area contributed by atoms with E-state index in [0.29, 0.717) is 22.3 Å². The van der Waals surface area contributed by atoms with Crippen molar-refractivity contribution in [3.63, 3.8) is 0 Å². The molecule has 21 heavy (non-hydrogen) atoms. The summed E-state index contributed by atoms with van der Waals surface area (Å²) >= 11 is 0. The zero-order valence-corrected chi connectivity index (χ0v) is 10.7. The van der Waals surface area contributed by atoms with Gasteiger partial charge in [-0.1, -0.05) is 36.4 Å². The number of esters is 2. The van der Waals surface area contributed by atoms with Crippen molar-refractivity contribution in [1.29, 1.82) is 0 Å². The van der Waals surface area contributed by atoms with E-state index in [2.05, 4.69) is 0 Å². The van der Waals surface area contributed by atoms with E-state index in [9.17, 15) is 9.59 Å². The first-order chi connectivity index (χ1) is 10.2. The fraction of sp³-hybridized carbons (Fsp3) is 0.125. The highest BCUT2D eigenvalue weighted by atomic mass is 16.9. The van der Waals surface area contributed by atoms with Gasteiger partial charge >= 0.3 is 23.5 Å². The van der Waals surface area contributed by atoms with Crippen LogP contribution < -0.4 is 0 Å². The predicted molar refractivity (Wildman–Crippen MR) is 68.2 cm³/mol. The number of fused-ring (bicyclic) bond motifs is 5. The minimum absolute atomic E-state index is 0.440. The van der Waals surface area contributed by atoms with Gasteiger partial charge in [-0.05, 0) is 12.1 Å². The molecule has 102 valence electrons. The van der Waals surface area contributed by atoms with Gasteiger partial charge in [-0.15, -0.1) is 0 Å². The highest BCUT2D eigenvalue weighted by molar-refractivity contribution is 5.98. The number of benzene rings is 2. The largest absolute Gasteiger partial charge is 0.417 e. The molecule has 0 aromatic heterocycles. The van der Waals surface area contributed by atoms with Crippen LogP contribution >= 0.6 is 0 Å². The van der Waals surface area contributed by atoms with Gasteiger partial charge in [0.2, 0.25) is 0 Å². The van der Waals surface area contributed by atoms with Crippen molar-refractivity contribution in [1.82, 2.24) is 0 Å². The Morgan fingerprint density at radius 3 is 1.57 bits per heavy atom. The third kappa shape index (κ3) is 1.05. The van der Waals surface area contributed by atoms with Crippen LogP contribution in [0.4, 0.5) is 0 Å². The Morgan fingerprint density at radius 2 is 1.10 bits per heavy atom. The number of epoxide rings is 1. The summed E-state index contributed by atoms with van der Waals surface area (Å²) in [4.78, 5) is 24.0. The molecule has 0 saturated carbocycles. The van der Waals surface area contributed by atoms with Crippen LogP contribution in [0.3, 0.4) is 0 Å². The number of ether oxygens (including phenoxy) is 3. The lowest BCUT2D eigenvalue weighted by molar-refractivity contribution is -0.0245. The Hall–Kier alpha value is -2.66. The van der Waals surface area contributed by atoms with Gasteiger partial charge in [0.25, 0.3) is 0 Å². The first-order valence-electron chi connectivity index (χ1n) is 6.54. The normalized spacial score (nSPS) is 31.0. The second-order valence-electron chi connectivity index (χ2n) is 5.21. The second kappa shape index (κ2) is 3.15. The molecular formula is C16H8O5. The van der Waals surface area contributed by atoms with E-state index in [1.807, 2.05) is 0 Å². The highest BCUT2D eigenvalue weighted by Crippen LogP contribution is 2.69. The lowest BCUT2D eigenvalue weighted by Crippen LogP contribution is -2.22. The molecule has 5 nitrogen and oxygen atoms in total. The van der Waals surface area contributed by atoms with Crippen molar-refractivity contribution in [2.75, 3.05) is 0 Å². The molecule has 2 spiro atoms. The molecule has 3 heterocycles. The molecular weight excluding hydrogens is 272 g/mol. The molecule has 0 radical (unpaired) electrons. The number of carbonyl (C=O) groups excluding carboxylic acids is 2. The average molecular weight is 280 g/mol. The summed E-state index contributed by atoms with van der Waals surface area (Å²) in [6.45, 7) is 0. The molecule has 3 aliphatic heterocycles. The van der Waals surface area contributed by atoms with Gasteiger partial charge in [0.1, 0.15) is 0 Å². The molecule has 1 saturated heterocycles. The minimum atomic E-state index is -1.34. The van der Waals surface area contributed by atoms with Gasteiger partial charge in [0.15, 0.2) is 0 Å². The Labute approximate surface area is 119 Å². The minimum Gasteiger partial charge on any atom is -0.417 e. The molecule has 5 heteroatoms. The van der Waals surface area contributed by atoms with Gasteiger partial charge in [0, 0.05) is 11.1 Å². The monoisotopic (exact) mass is 280 g/mol. The van der Waals surface area contributed by atoms with Crippen LogP contribution in [-0.4, -0.2) is 11.9 Å². The molecule has 3 aliphatic rings. The topological polar surface area (TPSA) is 65.1 Å². The summed E-state index contributed by atoms with van der Waals surface area (Å²) in [5, 5.41) is 0. The van der Waals surface area contributed by atoms with Gasteiger partial charge in [0.05, 0.1) is 11.1 Å². The standard InChI is InChI=1S/C16H8O5/c17-13-9-5-1-3-7-11(9)15(19-13)16(21-15)12-8-4-2-6-10(12)14(18)20-16/h1-8H. The fourth-order valence-electron chi connectivity index (χ4n) is 3.19. The fourth-order valence-corrected chi connectivity index (χ4v) is 3.19. The molecule has 2 atom stereocenters. The maximum atomic E-state index is 12.0. The van der Waals surface area contributed by atoms with Crippen LogP contribution in [0.25, 0.3) is 0 Å². The molecule has 0 N–H and O–H groups in total. The number of hydrogen-bond acceptors (Lipinski definition) is 5. The van der Waals surface area contributed by atoms with E-state index in [1.54, 1.807) is 48.5 Å². The van der Waals surface area contributed by atoms with Crippen LogP contribution in [0.5, 0.6) is 0 Å². The third-order valence-electron chi connectivity index (χ3n) is 4.16. The Bertz CT molecular complexity index is 773. The van der Waals surface area contributed by atoms with E-state index < -0.39 is 23.5 Å². The predicted octanol–water partition coefficient (Wildman–Crippen LogP) is 2.06. The highest BCUT2D eigenvalue weighted by Gasteiger charge is 2.84. The lowest BCUT2D eigenvalue weighted by atomic mass is 9.96. The van der Waals surface area contributed by atoms with Gasteiger partial charge in [-0.3, -0.25) is 4.74 Å². The molecule has 0 amide bonds. The number of hydrogen-bond donors (Lipinski definition) is 0. The zero-order chi connectivity index (χ0) is 14.2. The van der Waals surface area contributed by atoms with Gasteiger partial charge in [-0.2, -0.15) is 0 Å². The molecule has 0 aliphatic carbocycles. The van der Waals surface area contributed by atoms with Crippen molar-refractivity contribution >= 4 is 11.9 Å². The van der Waals surface area contributed by atoms with E-state index in [-0.39, 0.29) is 0 Å². The van der Waals surface area contributed by atoms with Gasteiger partial charge < -0.3 is 9.47 Å². The summed E-state index contributed by atoms with van der Waals surface area (Å²) in [6.07, 6.45) is 0. The molecule has 1 fully saturated rings. The second-order valence-corrected chi connectivity index (χ2v) is 5.21. The van der Waals surface area contributed by atoms with Crippen LogP contribution in [0.2, 0.25) is 0 Å². The van der Waals surface area contributed by atoms with Crippen LogP contribution in [0.1, 0.15) is 31.8 Å². The molecule has 5 rings (SSSR count). The smallest absolute Gasteiger partial charge is 0.341 e.